The zero-order chi connectivity index (χ0) is 13.7. The fraction of sp³-hybridized carbons (Fsp3) is 0.100. The average molecular weight is 267 g/mol. The first-order chi connectivity index (χ1) is 8.21. The van der Waals surface area contributed by atoms with Crippen molar-refractivity contribution in [2.75, 3.05) is 0 Å². The number of benzene rings is 1. The Hall–Kier alpha value is -1.99. The summed E-state index contributed by atoms with van der Waals surface area (Å²) in [7, 11) is 0. The number of rotatable bonds is 0. The van der Waals surface area contributed by atoms with Gasteiger partial charge in [0.05, 0.1) is 10.9 Å². The van der Waals surface area contributed by atoms with Crippen molar-refractivity contribution >= 4 is 10.9 Å². The maximum Gasteiger partial charge on any atom is 0.431 e. The molecular formula is C10H3F6NO. The SMILES string of the molecule is O=c1cc(C(F)(F)F)[nH]c2cc(F)c(F)c(F)c12. The zero-order valence-electron chi connectivity index (χ0n) is 8.33. The summed E-state index contributed by atoms with van der Waals surface area (Å²) in [6, 6.07) is 0.382. The lowest BCUT2D eigenvalue weighted by atomic mass is 10.1. The van der Waals surface area contributed by atoms with E-state index in [1.54, 1.807) is 4.98 Å². The highest BCUT2D eigenvalue weighted by Gasteiger charge is 2.33. The minimum atomic E-state index is -4.88. The Kier molecular flexibility index (Phi) is 2.60. The minimum Gasteiger partial charge on any atom is -0.351 e. The largest absolute Gasteiger partial charge is 0.431 e. The average Bonchev–Trinajstić information content (AvgIpc) is 2.23. The first-order valence-corrected chi connectivity index (χ1v) is 4.49. The van der Waals surface area contributed by atoms with Crippen molar-refractivity contribution in [3.05, 3.63) is 45.5 Å². The van der Waals surface area contributed by atoms with Gasteiger partial charge in [0.1, 0.15) is 5.69 Å². The van der Waals surface area contributed by atoms with Gasteiger partial charge in [-0.1, -0.05) is 0 Å². The van der Waals surface area contributed by atoms with Crippen LogP contribution in [0.5, 0.6) is 0 Å². The molecule has 0 aliphatic heterocycles. The number of H-pyrrole nitrogens is 1. The van der Waals surface area contributed by atoms with Crippen LogP contribution in [0, 0.1) is 17.5 Å². The van der Waals surface area contributed by atoms with Gasteiger partial charge in [-0.2, -0.15) is 13.2 Å². The van der Waals surface area contributed by atoms with E-state index in [1.807, 2.05) is 0 Å². The summed E-state index contributed by atoms with van der Waals surface area (Å²) < 4.78 is 76.0. The second kappa shape index (κ2) is 3.76. The molecule has 0 saturated carbocycles. The highest BCUT2D eigenvalue weighted by molar-refractivity contribution is 5.79. The predicted octanol–water partition coefficient (Wildman–Crippen LogP) is 2.96. The third-order valence-electron chi connectivity index (χ3n) is 2.26. The molecule has 18 heavy (non-hydrogen) atoms. The molecule has 1 aromatic heterocycles. The summed E-state index contributed by atoms with van der Waals surface area (Å²) in [5, 5.41) is -0.957. The van der Waals surface area contributed by atoms with E-state index in [1.165, 1.54) is 0 Å². The molecule has 0 aliphatic carbocycles. The molecule has 0 aliphatic rings. The number of alkyl halides is 3. The Balaban J connectivity index is 2.92. The molecule has 0 bridgehead atoms. The van der Waals surface area contributed by atoms with E-state index < -0.39 is 45.7 Å². The molecule has 1 N–H and O–H groups in total. The van der Waals surface area contributed by atoms with Crippen molar-refractivity contribution in [2.24, 2.45) is 0 Å². The van der Waals surface area contributed by atoms with Gasteiger partial charge in [0.25, 0.3) is 0 Å². The summed E-state index contributed by atoms with van der Waals surface area (Å²) in [6.07, 6.45) is -4.88. The van der Waals surface area contributed by atoms with Crippen LogP contribution in [-0.4, -0.2) is 4.98 Å². The molecule has 0 radical (unpaired) electrons. The first-order valence-electron chi connectivity index (χ1n) is 4.49. The van der Waals surface area contributed by atoms with Gasteiger partial charge in [0, 0.05) is 12.1 Å². The van der Waals surface area contributed by atoms with E-state index in [9.17, 15) is 31.1 Å². The van der Waals surface area contributed by atoms with Crippen molar-refractivity contribution in [1.29, 1.82) is 0 Å². The molecule has 1 aromatic carbocycles. The summed E-state index contributed by atoms with van der Waals surface area (Å²) in [6.45, 7) is 0. The number of halogens is 6. The van der Waals surface area contributed by atoms with E-state index in [-0.39, 0.29) is 6.07 Å². The monoisotopic (exact) mass is 267 g/mol. The summed E-state index contributed by atoms with van der Waals surface area (Å²) in [4.78, 5) is 12.9. The molecule has 0 fully saturated rings. The summed E-state index contributed by atoms with van der Waals surface area (Å²) >= 11 is 0. The van der Waals surface area contributed by atoms with Gasteiger partial charge in [-0.15, -0.1) is 0 Å². The third kappa shape index (κ3) is 1.83. The molecule has 2 rings (SSSR count). The maximum atomic E-state index is 13.2. The first kappa shape index (κ1) is 12.5. The van der Waals surface area contributed by atoms with Crippen molar-refractivity contribution in [3.63, 3.8) is 0 Å². The second-order valence-electron chi connectivity index (χ2n) is 3.45. The molecule has 0 saturated heterocycles. The Labute approximate surface area is 94.9 Å². The Bertz CT molecular complexity index is 687. The number of hydrogen-bond donors (Lipinski definition) is 1. The van der Waals surface area contributed by atoms with Gasteiger partial charge in [-0.25, -0.2) is 13.2 Å². The van der Waals surface area contributed by atoms with Gasteiger partial charge in [0.2, 0.25) is 0 Å². The molecule has 0 atom stereocenters. The standard InChI is InChI=1S/C10H3F6NO/c11-3-1-4-7(9(13)8(3)12)5(18)2-6(17-4)10(14,15)16/h1-2H,(H,17,18). The summed E-state index contributed by atoms with van der Waals surface area (Å²) in [5.41, 5.74) is -3.61. The number of nitrogens with one attached hydrogen (secondary N) is 1. The van der Waals surface area contributed by atoms with Gasteiger partial charge in [0.15, 0.2) is 22.9 Å². The van der Waals surface area contributed by atoms with Crippen LogP contribution < -0.4 is 5.43 Å². The maximum absolute atomic E-state index is 13.2. The summed E-state index contributed by atoms with van der Waals surface area (Å²) in [5.74, 6) is -5.41. The molecule has 2 nitrogen and oxygen atoms in total. The lowest BCUT2D eigenvalue weighted by Gasteiger charge is -2.08. The molecule has 0 amide bonds. The molecule has 0 unspecified atom stereocenters. The lowest BCUT2D eigenvalue weighted by Crippen LogP contribution is -2.15. The number of aromatic nitrogens is 1. The normalized spacial score (nSPS) is 12.1. The molecule has 96 valence electrons. The van der Waals surface area contributed by atoms with Crippen molar-refractivity contribution in [1.82, 2.24) is 4.98 Å². The van der Waals surface area contributed by atoms with E-state index >= 15 is 0 Å². The molecule has 0 spiro atoms. The van der Waals surface area contributed by atoms with Crippen LogP contribution >= 0.6 is 0 Å². The van der Waals surface area contributed by atoms with Crippen LogP contribution in [0.2, 0.25) is 0 Å². The quantitative estimate of drug-likeness (QED) is 0.577. The van der Waals surface area contributed by atoms with Gasteiger partial charge < -0.3 is 4.98 Å². The van der Waals surface area contributed by atoms with Crippen molar-refractivity contribution in [3.8, 4) is 0 Å². The molecule has 8 heteroatoms. The Morgan fingerprint density at radius 1 is 1.00 bits per heavy atom. The Morgan fingerprint density at radius 2 is 1.61 bits per heavy atom. The molecular weight excluding hydrogens is 264 g/mol. The van der Waals surface area contributed by atoms with Crippen LogP contribution in [0.4, 0.5) is 26.3 Å². The lowest BCUT2D eigenvalue weighted by molar-refractivity contribution is -0.141. The fourth-order valence-electron chi connectivity index (χ4n) is 1.47. The highest BCUT2D eigenvalue weighted by Crippen LogP contribution is 2.28. The van der Waals surface area contributed by atoms with Crippen molar-refractivity contribution in [2.45, 2.75) is 6.18 Å². The number of fused-ring (bicyclic) bond motifs is 1. The van der Waals surface area contributed by atoms with Gasteiger partial charge in [-0.05, 0) is 0 Å². The molecule has 1 heterocycles. The van der Waals surface area contributed by atoms with E-state index in [4.69, 9.17) is 0 Å². The number of aromatic amines is 1. The highest BCUT2D eigenvalue weighted by atomic mass is 19.4. The van der Waals surface area contributed by atoms with Crippen LogP contribution in [0.25, 0.3) is 10.9 Å². The van der Waals surface area contributed by atoms with Gasteiger partial charge >= 0.3 is 6.18 Å². The van der Waals surface area contributed by atoms with E-state index in [0.717, 1.165) is 0 Å². The van der Waals surface area contributed by atoms with Crippen LogP contribution in [-0.2, 0) is 6.18 Å². The van der Waals surface area contributed by atoms with Crippen molar-refractivity contribution < 1.29 is 26.3 Å². The Morgan fingerprint density at radius 3 is 2.17 bits per heavy atom. The fourth-order valence-corrected chi connectivity index (χ4v) is 1.47. The van der Waals surface area contributed by atoms with E-state index in [2.05, 4.69) is 0 Å². The zero-order valence-corrected chi connectivity index (χ0v) is 8.33. The minimum absolute atomic E-state index is 0.0861. The molecule has 2 aromatic rings. The van der Waals surface area contributed by atoms with E-state index in [0.29, 0.717) is 6.07 Å². The van der Waals surface area contributed by atoms with Crippen LogP contribution in [0.1, 0.15) is 5.69 Å². The number of hydrogen-bond acceptors (Lipinski definition) is 1. The smallest absolute Gasteiger partial charge is 0.351 e. The van der Waals surface area contributed by atoms with Gasteiger partial charge in [-0.3, -0.25) is 4.79 Å². The predicted molar refractivity (Wildman–Crippen MR) is 49.4 cm³/mol. The topological polar surface area (TPSA) is 32.9 Å². The second-order valence-corrected chi connectivity index (χ2v) is 3.45. The van der Waals surface area contributed by atoms with Crippen LogP contribution in [0.3, 0.4) is 0 Å². The number of pyridine rings is 1. The van der Waals surface area contributed by atoms with Crippen LogP contribution in [0.15, 0.2) is 16.9 Å². The third-order valence-corrected chi connectivity index (χ3v) is 2.26.